The van der Waals surface area contributed by atoms with E-state index in [4.69, 9.17) is 0 Å². The molecule has 0 saturated heterocycles. The maximum Gasteiger partial charge on any atom is 0.0831 e. The summed E-state index contributed by atoms with van der Waals surface area (Å²) in [6.07, 6.45) is 6.98. The van der Waals surface area contributed by atoms with Crippen LogP contribution in [-0.4, -0.2) is 9.67 Å². The molecule has 1 aliphatic carbocycles. The molecule has 1 atom stereocenters. The number of aliphatic hydroxyl groups excluding tert-OH is 1. The molecule has 0 aromatic carbocycles. The molecule has 2 nitrogen and oxygen atoms in total. The van der Waals surface area contributed by atoms with Gasteiger partial charge in [0.05, 0.1) is 12.6 Å². The topological polar surface area (TPSA) is 25.2 Å². The van der Waals surface area contributed by atoms with Crippen LogP contribution in [0.1, 0.15) is 37.0 Å². The van der Waals surface area contributed by atoms with Crippen molar-refractivity contribution in [2.45, 2.75) is 38.8 Å². The van der Waals surface area contributed by atoms with Crippen LogP contribution < -0.4 is 0 Å². The Labute approximate surface area is 84.6 Å². The van der Waals surface area contributed by atoms with Crippen LogP contribution in [-0.2, 0) is 13.0 Å². The first-order valence-corrected chi connectivity index (χ1v) is 5.07. The summed E-state index contributed by atoms with van der Waals surface area (Å²) in [5.41, 5.74) is 2.40. The zero-order valence-corrected chi connectivity index (χ0v) is 8.45. The van der Waals surface area contributed by atoms with E-state index >= 15 is 0 Å². The van der Waals surface area contributed by atoms with E-state index in [1.165, 1.54) is 5.56 Å². The van der Waals surface area contributed by atoms with Gasteiger partial charge in [-0.2, -0.15) is 0 Å². The van der Waals surface area contributed by atoms with E-state index in [0.29, 0.717) is 0 Å². The second-order valence-corrected chi connectivity index (χ2v) is 3.75. The Morgan fingerprint density at radius 1 is 1.57 bits per heavy atom. The molecule has 0 aliphatic heterocycles. The van der Waals surface area contributed by atoms with Gasteiger partial charge in [0.25, 0.3) is 0 Å². The van der Waals surface area contributed by atoms with Crippen molar-refractivity contribution >= 4 is 0 Å². The summed E-state index contributed by atoms with van der Waals surface area (Å²) in [5, 5.41) is 9.75. The molecule has 1 unspecified atom stereocenters. The van der Waals surface area contributed by atoms with Crippen LogP contribution in [0.5, 0.6) is 0 Å². The summed E-state index contributed by atoms with van der Waals surface area (Å²) >= 11 is 0. The largest absolute Gasteiger partial charge is 0.388 e. The minimum Gasteiger partial charge on any atom is -0.388 e. The van der Waals surface area contributed by atoms with Gasteiger partial charge in [-0.25, -0.2) is 0 Å². The summed E-state index contributed by atoms with van der Waals surface area (Å²) in [6.45, 7) is 2.58. The number of rotatable bonds is 1. The smallest absolute Gasteiger partial charge is 0.0831 e. The van der Waals surface area contributed by atoms with E-state index in [-0.39, 0.29) is 6.10 Å². The Balaban J connectivity index is 2.24. The third-order valence-electron chi connectivity index (χ3n) is 2.72. The second kappa shape index (κ2) is 3.89. The molecule has 0 fully saturated rings. The lowest BCUT2D eigenvalue weighted by molar-refractivity contribution is 0.157. The summed E-state index contributed by atoms with van der Waals surface area (Å²) in [5.74, 6) is 5.89. The fourth-order valence-electron chi connectivity index (χ4n) is 1.99. The van der Waals surface area contributed by atoms with Crippen LogP contribution in [0.15, 0.2) is 12.4 Å². The van der Waals surface area contributed by atoms with Crippen LogP contribution in [0, 0.1) is 11.8 Å². The Hall–Kier alpha value is -1.20. The highest BCUT2D eigenvalue weighted by Gasteiger charge is 2.19. The maximum absolute atomic E-state index is 9.75. The first-order valence-electron chi connectivity index (χ1n) is 5.07. The monoisotopic (exact) mass is 189 g/mol. The van der Waals surface area contributed by atoms with Crippen molar-refractivity contribution < 1.29 is 5.11 Å². The Bertz CT molecular complexity index is 381. The first-order chi connectivity index (χ1) is 6.81. The molecular formula is C12H15NO. The van der Waals surface area contributed by atoms with E-state index in [1.54, 1.807) is 0 Å². The van der Waals surface area contributed by atoms with E-state index in [0.717, 1.165) is 31.4 Å². The van der Waals surface area contributed by atoms with Gasteiger partial charge in [-0.1, -0.05) is 5.92 Å². The average molecular weight is 189 g/mol. The number of hydrogen-bond acceptors (Lipinski definition) is 1. The number of nitrogens with zero attached hydrogens (tertiary/aromatic N) is 1. The summed E-state index contributed by atoms with van der Waals surface area (Å²) < 4.78 is 2.07. The molecule has 1 aromatic rings. The molecule has 1 N–H and O–H groups in total. The summed E-state index contributed by atoms with van der Waals surface area (Å²) in [6, 6.07) is 0. The van der Waals surface area contributed by atoms with Gasteiger partial charge in [0.2, 0.25) is 0 Å². The van der Waals surface area contributed by atoms with Crippen molar-refractivity contribution in [2.75, 3.05) is 0 Å². The lowest BCUT2D eigenvalue weighted by Crippen LogP contribution is -2.05. The minimum atomic E-state index is -0.255. The molecule has 0 radical (unpaired) electrons. The molecule has 1 aliphatic rings. The first kappa shape index (κ1) is 9.36. The zero-order valence-electron chi connectivity index (χ0n) is 8.45. The van der Waals surface area contributed by atoms with Gasteiger partial charge < -0.3 is 9.67 Å². The predicted octanol–water partition coefficient (Wildman–Crippen LogP) is 1.88. The minimum absolute atomic E-state index is 0.255. The van der Waals surface area contributed by atoms with Crippen molar-refractivity contribution in [1.29, 1.82) is 0 Å². The number of hydrogen-bond donors (Lipinski definition) is 1. The highest BCUT2D eigenvalue weighted by atomic mass is 16.3. The van der Waals surface area contributed by atoms with Crippen LogP contribution in [0.3, 0.4) is 0 Å². The average Bonchev–Trinajstić information content (AvgIpc) is 2.59. The van der Waals surface area contributed by atoms with Crippen molar-refractivity contribution in [3.05, 3.63) is 23.5 Å². The van der Waals surface area contributed by atoms with Crippen LogP contribution in [0.25, 0.3) is 0 Å². The van der Waals surface area contributed by atoms with Crippen molar-refractivity contribution in [3.63, 3.8) is 0 Å². The molecule has 0 saturated carbocycles. The molecule has 74 valence electrons. The molecule has 0 amide bonds. The molecular weight excluding hydrogens is 174 g/mol. The number of fused-ring (bicyclic) bond motifs is 1. The van der Waals surface area contributed by atoms with E-state index in [2.05, 4.69) is 22.6 Å². The lowest BCUT2D eigenvalue weighted by atomic mass is 9.93. The fraction of sp³-hybridized carbons (Fsp3) is 0.500. The van der Waals surface area contributed by atoms with Gasteiger partial charge in [0, 0.05) is 18.0 Å². The molecule has 1 aromatic heterocycles. The van der Waals surface area contributed by atoms with E-state index in [1.807, 2.05) is 13.1 Å². The number of aliphatic hydroxyl groups is 1. The van der Waals surface area contributed by atoms with Gasteiger partial charge in [-0.05, 0) is 31.7 Å². The third-order valence-corrected chi connectivity index (χ3v) is 2.72. The quantitative estimate of drug-likeness (QED) is 0.670. The number of aromatic nitrogens is 1. The maximum atomic E-state index is 9.75. The Morgan fingerprint density at radius 2 is 2.43 bits per heavy atom. The van der Waals surface area contributed by atoms with Gasteiger partial charge in [-0.15, -0.1) is 5.92 Å². The zero-order chi connectivity index (χ0) is 9.97. The highest BCUT2D eigenvalue weighted by molar-refractivity contribution is 5.29. The van der Waals surface area contributed by atoms with Crippen molar-refractivity contribution in [2.24, 2.45) is 0 Å². The van der Waals surface area contributed by atoms with Crippen LogP contribution in [0.2, 0.25) is 0 Å². The van der Waals surface area contributed by atoms with Gasteiger partial charge in [0.1, 0.15) is 0 Å². The molecule has 0 bridgehead atoms. The fourth-order valence-corrected chi connectivity index (χ4v) is 1.99. The standard InChI is InChI=1S/C12H15NO/c1-2-3-7-13-8-10-5-4-6-12(14)11(10)9-13/h8-9,12,14H,4-7H2,1H3. The Morgan fingerprint density at radius 3 is 3.14 bits per heavy atom. The summed E-state index contributed by atoms with van der Waals surface area (Å²) in [4.78, 5) is 0. The highest BCUT2D eigenvalue weighted by Crippen LogP contribution is 2.29. The molecule has 14 heavy (non-hydrogen) atoms. The number of aryl methyl sites for hydroxylation is 1. The normalized spacial score (nSPS) is 19.7. The van der Waals surface area contributed by atoms with Crippen LogP contribution >= 0.6 is 0 Å². The van der Waals surface area contributed by atoms with Crippen LogP contribution in [0.4, 0.5) is 0 Å². The third kappa shape index (κ3) is 1.69. The molecule has 2 heteroatoms. The molecule has 1 heterocycles. The van der Waals surface area contributed by atoms with E-state index in [9.17, 15) is 5.11 Å². The van der Waals surface area contributed by atoms with Gasteiger partial charge in [-0.3, -0.25) is 0 Å². The lowest BCUT2D eigenvalue weighted by Gasteiger charge is -2.16. The second-order valence-electron chi connectivity index (χ2n) is 3.75. The predicted molar refractivity (Wildman–Crippen MR) is 55.8 cm³/mol. The van der Waals surface area contributed by atoms with Gasteiger partial charge in [0.15, 0.2) is 0 Å². The van der Waals surface area contributed by atoms with Gasteiger partial charge >= 0.3 is 0 Å². The van der Waals surface area contributed by atoms with Crippen molar-refractivity contribution in [1.82, 2.24) is 4.57 Å². The van der Waals surface area contributed by atoms with E-state index < -0.39 is 0 Å². The van der Waals surface area contributed by atoms with Crippen molar-refractivity contribution in [3.8, 4) is 11.8 Å². The Kier molecular flexibility index (Phi) is 2.60. The molecule has 0 spiro atoms. The summed E-state index contributed by atoms with van der Waals surface area (Å²) in [7, 11) is 0. The molecule has 2 rings (SSSR count). The SMILES string of the molecule is CC#CCn1cc2c(c1)C(O)CCC2.